The van der Waals surface area contributed by atoms with E-state index in [2.05, 4.69) is 9.97 Å². The second-order valence-corrected chi connectivity index (χ2v) is 5.60. The smallest absolute Gasteiger partial charge is 0.251 e. The van der Waals surface area contributed by atoms with E-state index >= 15 is 0 Å². The van der Waals surface area contributed by atoms with Crippen LogP contribution in [-0.2, 0) is 11.3 Å². The molecule has 0 fully saturated rings. The molecule has 0 radical (unpaired) electrons. The molecule has 5 heteroatoms. The number of benzene rings is 1. The maximum Gasteiger partial charge on any atom is 0.251 e. The van der Waals surface area contributed by atoms with Crippen molar-refractivity contribution in [2.24, 2.45) is 0 Å². The van der Waals surface area contributed by atoms with Gasteiger partial charge in [-0.3, -0.25) is 14.8 Å². The number of nitrogens with zero attached hydrogens (tertiary/aromatic N) is 3. The summed E-state index contributed by atoms with van der Waals surface area (Å²) in [5.41, 5.74) is 2.67. The van der Waals surface area contributed by atoms with E-state index in [9.17, 15) is 4.79 Å². The summed E-state index contributed by atoms with van der Waals surface area (Å²) < 4.78 is 5.19. The van der Waals surface area contributed by atoms with E-state index in [4.69, 9.17) is 4.74 Å². The zero-order valence-electron chi connectivity index (χ0n) is 14.4. The van der Waals surface area contributed by atoms with Crippen molar-refractivity contribution < 1.29 is 9.53 Å². The topological polar surface area (TPSA) is 55.3 Å². The number of hydrogen-bond donors (Lipinski definition) is 0. The van der Waals surface area contributed by atoms with Crippen molar-refractivity contribution in [3.05, 3.63) is 90.5 Å². The van der Waals surface area contributed by atoms with Gasteiger partial charge in [-0.05, 0) is 47.5 Å². The Morgan fingerprint density at radius 1 is 1.04 bits per heavy atom. The molecule has 3 rings (SSSR count). The lowest BCUT2D eigenvalue weighted by molar-refractivity contribution is -0.114. The van der Waals surface area contributed by atoms with Crippen molar-refractivity contribution in [2.75, 3.05) is 12.0 Å². The van der Waals surface area contributed by atoms with Gasteiger partial charge in [-0.25, -0.2) is 0 Å². The summed E-state index contributed by atoms with van der Waals surface area (Å²) in [6, 6.07) is 15.0. The molecule has 0 spiro atoms. The van der Waals surface area contributed by atoms with Crippen LogP contribution in [0.2, 0.25) is 0 Å². The third-order valence-electron chi connectivity index (χ3n) is 3.84. The van der Waals surface area contributed by atoms with Gasteiger partial charge in [0.25, 0.3) is 5.91 Å². The van der Waals surface area contributed by atoms with Gasteiger partial charge in [-0.2, -0.15) is 0 Å². The molecule has 0 aliphatic heterocycles. The zero-order chi connectivity index (χ0) is 18.2. The van der Waals surface area contributed by atoms with Gasteiger partial charge in [0, 0.05) is 36.6 Å². The Morgan fingerprint density at radius 2 is 1.81 bits per heavy atom. The minimum absolute atomic E-state index is 0.115. The Labute approximate surface area is 152 Å². The summed E-state index contributed by atoms with van der Waals surface area (Å²) in [6.07, 6.45) is 10.1. The summed E-state index contributed by atoms with van der Waals surface area (Å²) in [6.45, 7) is 0.449. The van der Waals surface area contributed by atoms with Crippen LogP contribution in [0.5, 0.6) is 5.75 Å². The van der Waals surface area contributed by atoms with Crippen LogP contribution in [0.3, 0.4) is 0 Å². The van der Waals surface area contributed by atoms with Crippen molar-refractivity contribution in [3.63, 3.8) is 0 Å². The first-order valence-electron chi connectivity index (χ1n) is 8.19. The van der Waals surface area contributed by atoms with Gasteiger partial charge >= 0.3 is 0 Å². The number of pyridine rings is 2. The van der Waals surface area contributed by atoms with Crippen molar-refractivity contribution in [1.29, 1.82) is 0 Å². The SMILES string of the molecule is COc1ccc(CN(C(=O)C=Cc2cccnc2)c2ccncc2)cc1. The van der Waals surface area contributed by atoms with Gasteiger partial charge in [0.05, 0.1) is 13.7 Å². The van der Waals surface area contributed by atoms with E-state index in [0.29, 0.717) is 6.54 Å². The Balaban J connectivity index is 1.83. The van der Waals surface area contributed by atoms with Crippen LogP contribution in [-0.4, -0.2) is 23.0 Å². The molecule has 0 aliphatic carbocycles. The fraction of sp³-hybridized carbons (Fsp3) is 0.0952. The van der Waals surface area contributed by atoms with E-state index in [1.54, 1.807) is 48.9 Å². The average molecular weight is 345 g/mol. The molecule has 26 heavy (non-hydrogen) atoms. The first-order valence-corrected chi connectivity index (χ1v) is 8.19. The van der Waals surface area contributed by atoms with E-state index in [1.165, 1.54) is 0 Å². The number of carbonyl (C=O) groups is 1. The molecule has 130 valence electrons. The molecular formula is C21H19N3O2. The Bertz CT molecular complexity index is 863. The zero-order valence-corrected chi connectivity index (χ0v) is 14.4. The number of hydrogen-bond acceptors (Lipinski definition) is 4. The Morgan fingerprint density at radius 3 is 2.46 bits per heavy atom. The fourth-order valence-corrected chi connectivity index (χ4v) is 2.47. The van der Waals surface area contributed by atoms with Crippen LogP contribution < -0.4 is 9.64 Å². The van der Waals surface area contributed by atoms with Crippen LogP contribution in [0.15, 0.2) is 79.4 Å². The van der Waals surface area contributed by atoms with Gasteiger partial charge in [0.1, 0.15) is 5.75 Å². The molecule has 0 saturated carbocycles. The molecule has 1 amide bonds. The maximum atomic E-state index is 12.8. The lowest BCUT2D eigenvalue weighted by Gasteiger charge is -2.21. The second-order valence-electron chi connectivity index (χ2n) is 5.60. The average Bonchev–Trinajstić information content (AvgIpc) is 2.72. The van der Waals surface area contributed by atoms with Crippen molar-refractivity contribution in [1.82, 2.24) is 9.97 Å². The highest BCUT2D eigenvalue weighted by atomic mass is 16.5. The summed E-state index contributed by atoms with van der Waals surface area (Å²) in [5, 5.41) is 0. The number of amides is 1. The van der Waals surface area contributed by atoms with Crippen LogP contribution in [0.1, 0.15) is 11.1 Å². The molecule has 2 aromatic heterocycles. The molecule has 0 N–H and O–H groups in total. The summed E-state index contributed by atoms with van der Waals surface area (Å²) in [7, 11) is 1.63. The highest BCUT2D eigenvalue weighted by Crippen LogP contribution is 2.19. The molecular weight excluding hydrogens is 326 g/mol. The molecule has 0 bridgehead atoms. The molecule has 0 saturated heterocycles. The monoisotopic (exact) mass is 345 g/mol. The molecule has 5 nitrogen and oxygen atoms in total. The third kappa shape index (κ3) is 4.54. The molecule has 1 aromatic carbocycles. The normalized spacial score (nSPS) is 10.7. The van der Waals surface area contributed by atoms with Crippen LogP contribution in [0.25, 0.3) is 6.08 Å². The van der Waals surface area contributed by atoms with Gasteiger partial charge < -0.3 is 9.64 Å². The lowest BCUT2D eigenvalue weighted by Crippen LogP contribution is -2.28. The standard InChI is InChI=1S/C21H19N3O2/c1-26-20-7-4-18(5-8-20)16-24(19-10-13-22-14-11-19)21(25)9-6-17-3-2-12-23-15-17/h2-15H,16H2,1H3. The van der Waals surface area contributed by atoms with Crippen molar-refractivity contribution >= 4 is 17.7 Å². The first-order chi connectivity index (χ1) is 12.8. The summed E-state index contributed by atoms with van der Waals surface area (Å²) in [4.78, 5) is 22.6. The van der Waals surface area contributed by atoms with Crippen molar-refractivity contribution in [2.45, 2.75) is 6.54 Å². The third-order valence-corrected chi connectivity index (χ3v) is 3.84. The summed E-state index contributed by atoms with van der Waals surface area (Å²) in [5.74, 6) is 0.669. The van der Waals surface area contributed by atoms with E-state index < -0.39 is 0 Å². The van der Waals surface area contributed by atoms with Crippen molar-refractivity contribution in [3.8, 4) is 5.75 Å². The molecule has 0 aliphatic rings. The highest BCUT2D eigenvalue weighted by molar-refractivity contribution is 6.03. The number of rotatable bonds is 6. The number of anilines is 1. The summed E-state index contributed by atoms with van der Waals surface area (Å²) >= 11 is 0. The minimum Gasteiger partial charge on any atom is -0.497 e. The second kappa shape index (κ2) is 8.58. The molecule has 3 aromatic rings. The van der Waals surface area contributed by atoms with Gasteiger partial charge in [0.15, 0.2) is 0 Å². The fourth-order valence-electron chi connectivity index (χ4n) is 2.47. The highest BCUT2D eigenvalue weighted by Gasteiger charge is 2.14. The first kappa shape index (κ1) is 17.4. The predicted octanol–water partition coefficient (Wildman–Crippen LogP) is 3.73. The quantitative estimate of drug-likeness (QED) is 0.639. The minimum atomic E-state index is -0.115. The largest absolute Gasteiger partial charge is 0.497 e. The number of carbonyl (C=O) groups excluding carboxylic acids is 1. The van der Waals surface area contributed by atoms with Crippen LogP contribution in [0, 0.1) is 0 Å². The Kier molecular flexibility index (Phi) is 5.72. The van der Waals surface area contributed by atoms with Gasteiger partial charge in [-0.1, -0.05) is 18.2 Å². The number of methoxy groups -OCH3 is 1. The number of aromatic nitrogens is 2. The van der Waals surface area contributed by atoms with Gasteiger partial charge in [-0.15, -0.1) is 0 Å². The lowest BCUT2D eigenvalue weighted by atomic mass is 10.2. The van der Waals surface area contributed by atoms with E-state index in [1.807, 2.05) is 48.5 Å². The molecule has 2 heterocycles. The van der Waals surface area contributed by atoms with Gasteiger partial charge in [0.2, 0.25) is 0 Å². The molecule has 0 atom stereocenters. The predicted molar refractivity (Wildman–Crippen MR) is 102 cm³/mol. The van der Waals surface area contributed by atoms with E-state index in [-0.39, 0.29) is 5.91 Å². The van der Waals surface area contributed by atoms with Crippen LogP contribution in [0.4, 0.5) is 5.69 Å². The number of ether oxygens (including phenoxy) is 1. The molecule has 0 unspecified atom stereocenters. The maximum absolute atomic E-state index is 12.8. The van der Waals surface area contributed by atoms with E-state index in [0.717, 1.165) is 22.6 Å². The van der Waals surface area contributed by atoms with Crippen LogP contribution >= 0.6 is 0 Å². The Hall–Kier alpha value is -3.47.